The summed E-state index contributed by atoms with van der Waals surface area (Å²) in [6.07, 6.45) is 1.75. The molecule has 0 saturated carbocycles. The number of rotatable bonds is 7. The van der Waals surface area contributed by atoms with Crippen molar-refractivity contribution in [2.45, 2.75) is 27.0 Å². The summed E-state index contributed by atoms with van der Waals surface area (Å²) in [5.74, 6) is 1.17. The molecule has 0 bridgehead atoms. The molecule has 0 unspecified atom stereocenters. The van der Waals surface area contributed by atoms with Gasteiger partial charge in [0.05, 0.1) is 12.1 Å². The number of halogens is 2. The molecule has 0 aliphatic rings. The predicted molar refractivity (Wildman–Crippen MR) is 122 cm³/mol. The molecule has 1 N–H and O–H groups in total. The van der Waals surface area contributed by atoms with Gasteiger partial charge in [0.25, 0.3) is 5.91 Å². The summed E-state index contributed by atoms with van der Waals surface area (Å²) in [5, 5.41) is 12.1. The van der Waals surface area contributed by atoms with E-state index in [4.69, 9.17) is 32.5 Å². The van der Waals surface area contributed by atoms with E-state index >= 15 is 0 Å². The number of aryl methyl sites for hydroxylation is 2. The van der Waals surface area contributed by atoms with Crippen molar-refractivity contribution in [2.24, 2.45) is 0 Å². The van der Waals surface area contributed by atoms with Crippen molar-refractivity contribution in [2.75, 3.05) is 5.32 Å². The second kappa shape index (κ2) is 9.46. The van der Waals surface area contributed by atoms with Gasteiger partial charge in [0.1, 0.15) is 18.1 Å². The van der Waals surface area contributed by atoms with E-state index in [2.05, 4.69) is 15.6 Å². The topological polar surface area (TPSA) is 82.2 Å². The van der Waals surface area contributed by atoms with Crippen molar-refractivity contribution in [1.29, 1.82) is 0 Å². The fraction of sp³-hybridized carbons (Fsp3) is 0.174. The van der Waals surface area contributed by atoms with Crippen molar-refractivity contribution in [1.82, 2.24) is 14.9 Å². The molecule has 0 fully saturated rings. The van der Waals surface area contributed by atoms with Crippen LogP contribution in [-0.2, 0) is 13.2 Å². The van der Waals surface area contributed by atoms with Gasteiger partial charge in [0.15, 0.2) is 11.5 Å². The Morgan fingerprint density at radius 2 is 2.00 bits per heavy atom. The van der Waals surface area contributed by atoms with E-state index in [0.717, 1.165) is 11.1 Å². The number of hydrogen-bond donors (Lipinski definition) is 1. The Balaban J connectivity index is 1.43. The summed E-state index contributed by atoms with van der Waals surface area (Å²) >= 11 is 12.2. The van der Waals surface area contributed by atoms with E-state index in [9.17, 15) is 4.79 Å². The van der Waals surface area contributed by atoms with Crippen LogP contribution < -0.4 is 10.1 Å². The molecular formula is C23H20Cl2N4O3. The first-order valence-electron chi connectivity index (χ1n) is 9.82. The monoisotopic (exact) mass is 470 g/mol. The highest BCUT2D eigenvalue weighted by Gasteiger charge is 2.21. The van der Waals surface area contributed by atoms with Crippen LogP contribution in [0.2, 0.25) is 10.0 Å². The van der Waals surface area contributed by atoms with Gasteiger partial charge in [-0.05, 0) is 49.2 Å². The highest BCUT2D eigenvalue weighted by Crippen LogP contribution is 2.22. The number of anilines is 1. The quantitative estimate of drug-likeness (QED) is 0.375. The minimum Gasteiger partial charge on any atom is -0.489 e. The van der Waals surface area contributed by atoms with E-state index in [1.54, 1.807) is 36.0 Å². The van der Waals surface area contributed by atoms with Crippen LogP contribution in [0, 0.1) is 13.8 Å². The van der Waals surface area contributed by atoms with Crippen LogP contribution in [0.3, 0.4) is 0 Å². The van der Waals surface area contributed by atoms with Crippen molar-refractivity contribution in [3.63, 3.8) is 0 Å². The Labute approximate surface area is 194 Å². The summed E-state index contributed by atoms with van der Waals surface area (Å²) < 4.78 is 12.7. The number of nitrogens with zero attached hydrogens (tertiary/aromatic N) is 3. The Morgan fingerprint density at radius 1 is 1.16 bits per heavy atom. The van der Waals surface area contributed by atoms with Crippen LogP contribution in [-0.4, -0.2) is 20.8 Å². The van der Waals surface area contributed by atoms with Gasteiger partial charge in [-0.15, -0.1) is 0 Å². The van der Waals surface area contributed by atoms with Gasteiger partial charge in [-0.1, -0.05) is 46.6 Å². The largest absolute Gasteiger partial charge is 0.489 e. The minimum absolute atomic E-state index is 0.158. The standard InChI is InChI=1S/C23H20Cl2N4O3/c1-14-4-3-5-18(10-14)31-13-19-15(2)32-28-22(19)23(30)26-21-8-9-29(27-21)12-16-6-7-17(24)11-20(16)25/h3-11H,12-13H2,1-2H3,(H,26,27,30). The van der Waals surface area contributed by atoms with Gasteiger partial charge in [-0.25, -0.2) is 0 Å². The van der Waals surface area contributed by atoms with E-state index in [1.807, 2.05) is 37.3 Å². The van der Waals surface area contributed by atoms with Gasteiger partial charge in [-0.3, -0.25) is 9.48 Å². The fourth-order valence-corrected chi connectivity index (χ4v) is 3.58. The molecule has 9 heteroatoms. The number of ether oxygens (including phenoxy) is 1. The van der Waals surface area contributed by atoms with E-state index in [-0.39, 0.29) is 12.3 Å². The molecule has 0 aliphatic carbocycles. The number of carbonyl (C=O) groups is 1. The van der Waals surface area contributed by atoms with Gasteiger partial charge < -0.3 is 14.6 Å². The Hall–Kier alpha value is -3.29. The van der Waals surface area contributed by atoms with Crippen molar-refractivity contribution < 1.29 is 14.1 Å². The molecule has 32 heavy (non-hydrogen) atoms. The summed E-state index contributed by atoms with van der Waals surface area (Å²) in [6.45, 7) is 4.31. The predicted octanol–water partition coefficient (Wildman–Crippen LogP) is 5.67. The molecule has 0 atom stereocenters. The normalized spacial score (nSPS) is 10.9. The van der Waals surface area contributed by atoms with Crippen molar-refractivity contribution in [3.05, 3.63) is 92.9 Å². The van der Waals surface area contributed by atoms with Crippen molar-refractivity contribution >= 4 is 34.9 Å². The maximum Gasteiger partial charge on any atom is 0.279 e. The molecule has 0 aliphatic heterocycles. The fourth-order valence-electron chi connectivity index (χ4n) is 3.12. The van der Waals surface area contributed by atoms with E-state index in [1.165, 1.54) is 0 Å². The zero-order valence-corrected chi connectivity index (χ0v) is 18.9. The van der Waals surface area contributed by atoms with E-state index in [0.29, 0.717) is 39.5 Å². The summed E-state index contributed by atoms with van der Waals surface area (Å²) in [7, 11) is 0. The number of benzene rings is 2. The second-order valence-electron chi connectivity index (χ2n) is 7.26. The molecule has 0 spiro atoms. The third kappa shape index (κ3) is 5.12. The first-order valence-corrected chi connectivity index (χ1v) is 10.6. The smallest absolute Gasteiger partial charge is 0.279 e. The number of amides is 1. The molecular weight excluding hydrogens is 451 g/mol. The highest BCUT2D eigenvalue weighted by molar-refractivity contribution is 6.35. The van der Waals surface area contributed by atoms with Crippen LogP contribution in [0.4, 0.5) is 5.82 Å². The SMILES string of the molecule is Cc1cccc(OCc2c(C(=O)Nc3ccn(Cc4ccc(Cl)cc4Cl)n3)noc2C)c1. The van der Waals surface area contributed by atoms with Crippen molar-refractivity contribution in [3.8, 4) is 5.75 Å². The zero-order chi connectivity index (χ0) is 22.7. The zero-order valence-electron chi connectivity index (χ0n) is 17.4. The average molecular weight is 471 g/mol. The first kappa shape index (κ1) is 21.9. The second-order valence-corrected chi connectivity index (χ2v) is 8.10. The molecule has 0 radical (unpaired) electrons. The third-order valence-electron chi connectivity index (χ3n) is 4.80. The molecule has 7 nitrogen and oxygen atoms in total. The van der Waals surface area contributed by atoms with Crippen LogP contribution in [0.5, 0.6) is 5.75 Å². The summed E-state index contributed by atoms with van der Waals surface area (Å²) in [6, 6.07) is 14.6. The molecule has 4 rings (SSSR count). The number of nitrogens with one attached hydrogen (secondary N) is 1. The lowest BCUT2D eigenvalue weighted by atomic mass is 10.2. The minimum atomic E-state index is -0.431. The van der Waals surface area contributed by atoms with Crippen LogP contribution in [0.1, 0.15) is 32.9 Å². The maximum atomic E-state index is 12.8. The van der Waals surface area contributed by atoms with E-state index < -0.39 is 5.91 Å². The third-order valence-corrected chi connectivity index (χ3v) is 5.39. The molecule has 4 aromatic rings. The van der Waals surface area contributed by atoms with Gasteiger partial charge in [0.2, 0.25) is 0 Å². The molecule has 2 heterocycles. The highest BCUT2D eigenvalue weighted by atomic mass is 35.5. The van der Waals surface area contributed by atoms with Crippen LogP contribution in [0.25, 0.3) is 0 Å². The average Bonchev–Trinajstić information content (AvgIpc) is 3.34. The lowest BCUT2D eigenvalue weighted by Gasteiger charge is -2.07. The Morgan fingerprint density at radius 3 is 2.78 bits per heavy atom. The number of carbonyl (C=O) groups excluding carboxylic acids is 1. The lowest BCUT2D eigenvalue weighted by Crippen LogP contribution is -2.16. The van der Waals surface area contributed by atoms with Crippen LogP contribution in [0.15, 0.2) is 59.3 Å². The number of aromatic nitrogens is 3. The number of hydrogen-bond acceptors (Lipinski definition) is 5. The molecule has 0 saturated heterocycles. The Kier molecular flexibility index (Phi) is 6.48. The molecule has 164 valence electrons. The first-order chi connectivity index (χ1) is 15.4. The summed E-state index contributed by atoms with van der Waals surface area (Å²) in [5.41, 5.74) is 2.68. The van der Waals surface area contributed by atoms with Gasteiger partial charge >= 0.3 is 0 Å². The molecule has 1 amide bonds. The Bertz CT molecular complexity index is 1270. The van der Waals surface area contributed by atoms with Gasteiger partial charge in [-0.2, -0.15) is 5.10 Å². The maximum absolute atomic E-state index is 12.8. The summed E-state index contributed by atoms with van der Waals surface area (Å²) in [4.78, 5) is 12.8. The van der Waals surface area contributed by atoms with Gasteiger partial charge in [0, 0.05) is 22.3 Å². The van der Waals surface area contributed by atoms with Crippen LogP contribution >= 0.6 is 23.2 Å². The lowest BCUT2D eigenvalue weighted by molar-refractivity contribution is 0.101. The molecule has 2 aromatic heterocycles. The molecule has 2 aromatic carbocycles.